The van der Waals surface area contributed by atoms with Gasteiger partial charge in [-0.2, -0.15) is 0 Å². The molecule has 1 fully saturated rings. The number of hydrogen-bond donors (Lipinski definition) is 1. The molecule has 1 aliphatic heterocycles. The Balaban J connectivity index is 1.91. The Labute approximate surface area is 154 Å². The molecular weight excluding hydrogens is 409 g/mol. The summed E-state index contributed by atoms with van der Waals surface area (Å²) in [5.41, 5.74) is 1.07. The molecule has 3 rings (SSSR count). The standard InChI is InChI=1S/C18H17BrFNO3S/c19-14-6-7-15(16(20)10-14)17(12-4-2-1-3-5-12)21-18(22)13-8-9-25(23,24)11-13/h1-7,10,13,17H,8-9,11H2,(H,21,22). The number of nitrogens with one attached hydrogen (secondary N) is 1. The smallest absolute Gasteiger partial charge is 0.224 e. The monoisotopic (exact) mass is 425 g/mol. The molecule has 0 spiro atoms. The predicted octanol–water partition coefficient (Wildman–Crippen LogP) is 3.23. The molecule has 0 radical (unpaired) electrons. The zero-order valence-electron chi connectivity index (χ0n) is 13.3. The van der Waals surface area contributed by atoms with Gasteiger partial charge >= 0.3 is 0 Å². The van der Waals surface area contributed by atoms with Gasteiger partial charge in [0.2, 0.25) is 5.91 Å². The van der Waals surface area contributed by atoms with Crippen LogP contribution in [0.5, 0.6) is 0 Å². The summed E-state index contributed by atoms with van der Waals surface area (Å²) in [6.45, 7) is 0. The molecule has 2 unspecified atom stereocenters. The number of sulfone groups is 1. The van der Waals surface area contributed by atoms with E-state index in [2.05, 4.69) is 21.2 Å². The van der Waals surface area contributed by atoms with Gasteiger partial charge < -0.3 is 5.32 Å². The van der Waals surface area contributed by atoms with Crippen LogP contribution in [0.4, 0.5) is 4.39 Å². The molecule has 2 aromatic carbocycles. The van der Waals surface area contributed by atoms with Crippen LogP contribution in [-0.4, -0.2) is 25.8 Å². The first kappa shape index (κ1) is 18.1. The Bertz CT molecular complexity index is 886. The molecule has 25 heavy (non-hydrogen) atoms. The summed E-state index contributed by atoms with van der Waals surface area (Å²) in [5, 5.41) is 2.83. The molecule has 1 aliphatic rings. The van der Waals surface area contributed by atoms with Gasteiger partial charge in [0.15, 0.2) is 9.84 Å². The second kappa shape index (κ2) is 7.25. The van der Waals surface area contributed by atoms with Crippen LogP contribution in [0.25, 0.3) is 0 Å². The molecule has 1 heterocycles. The van der Waals surface area contributed by atoms with Crippen molar-refractivity contribution in [2.24, 2.45) is 5.92 Å². The fraction of sp³-hybridized carbons (Fsp3) is 0.278. The van der Waals surface area contributed by atoms with E-state index >= 15 is 0 Å². The van der Waals surface area contributed by atoms with Crippen molar-refractivity contribution in [3.63, 3.8) is 0 Å². The van der Waals surface area contributed by atoms with Crippen molar-refractivity contribution in [2.75, 3.05) is 11.5 Å². The Morgan fingerprint density at radius 3 is 2.52 bits per heavy atom. The highest BCUT2D eigenvalue weighted by Crippen LogP contribution is 2.28. The Morgan fingerprint density at radius 1 is 1.20 bits per heavy atom. The first-order valence-corrected chi connectivity index (χ1v) is 10.5. The third kappa shape index (κ3) is 4.27. The van der Waals surface area contributed by atoms with Gasteiger partial charge in [0.25, 0.3) is 0 Å². The Kier molecular flexibility index (Phi) is 5.24. The number of halogens is 2. The van der Waals surface area contributed by atoms with E-state index in [9.17, 15) is 17.6 Å². The number of amides is 1. The summed E-state index contributed by atoms with van der Waals surface area (Å²) in [5.74, 6) is -1.52. The van der Waals surface area contributed by atoms with Crippen LogP contribution >= 0.6 is 15.9 Å². The lowest BCUT2D eigenvalue weighted by molar-refractivity contribution is -0.124. The van der Waals surface area contributed by atoms with Gasteiger partial charge in [-0.25, -0.2) is 12.8 Å². The van der Waals surface area contributed by atoms with Gasteiger partial charge in [0.1, 0.15) is 5.82 Å². The van der Waals surface area contributed by atoms with E-state index in [0.29, 0.717) is 16.5 Å². The second-order valence-corrected chi connectivity index (χ2v) is 9.26. The third-order valence-electron chi connectivity index (χ3n) is 4.30. The maximum atomic E-state index is 14.5. The molecule has 4 nitrogen and oxygen atoms in total. The van der Waals surface area contributed by atoms with Crippen molar-refractivity contribution in [3.8, 4) is 0 Å². The first-order chi connectivity index (χ1) is 11.9. The van der Waals surface area contributed by atoms with Crippen molar-refractivity contribution in [1.29, 1.82) is 0 Å². The minimum atomic E-state index is -3.16. The lowest BCUT2D eigenvalue weighted by Gasteiger charge is -2.22. The average molecular weight is 426 g/mol. The van der Waals surface area contributed by atoms with E-state index in [-0.39, 0.29) is 17.4 Å². The van der Waals surface area contributed by atoms with E-state index in [0.717, 1.165) is 5.56 Å². The molecule has 1 saturated heterocycles. The molecule has 0 saturated carbocycles. The number of benzene rings is 2. The summed E-state index contributed by atoms with van der Waals surface area (Å²) < 4.78 is 38.3. The molecule has 0 bridgehead atoms. The third-order valence-corrected chi connectivity index (χ3v) is 6.56. The maximum absolute atomic E-state index is 14.5. The van der Waals surface area contributed by atoms with Crippen LogP contribution in [0, 0.1) is 11.7 Å². The SMILES string of the molecule is O=C(NC(c1ccccc1)c1ccc(Br)cc1F)C1CCS(=O)(=O)C1. The van der Waals surface area contributed by atoms with Crippen LogP contribution in [-0.2, 0) is 14.6 Å². The lowest BCUT2D eigenvalue weighted by atomic mass is 9.97. The van der Waals surface area contributed by atoms with E-state index in [1.807, 2.05) is 18.2 Å². The van der Waals surface area contributed by atoms with Crippen molar-refractivity contribution in [1.82, 2.24) is 5.32 Å². The highest BCUT2D eigenvalue weighted by atomic mass is 79.9. The molecule has 132 valence electrons. The topological polar surface area (TPSA) is 63.2 Å². The molecule has 1 N–H and O–H groups in total. The molecule has 7 heteroatoms. The number of hydrogen-bond acceptors (Lipinski definition) is 3. The van der Waals surface area contributed by atoms with Crippen LogP contribution in [0.15, 0.2) is 53.0 Å². The summed E-state index contributed by atoms with van der Waals surface area (Å²) in [6, 6.07) is 13.1. The summed E-state index contributed by atoms with van der Waals surface area (Å²) >= 11 is 3.22. The fourth-order valence-electron chi connectivity index (χ4n) is 2.98. The van der Waals surface area contributed by atoms with Crippen molar-refractivity contribution in [3.05, 3.63) is 69.9 Å². The minimum absolute atomic E-state index is 0.0216. The van der Waals surface area contributed by atoms with Crippen LogP contribution < -0.4 is 5.32 Å². The lowest BCUT2D eigenvalue weighted by Crippen LogP contribution is -2.35. The Morgan fingerprint density at radius 2 is 1.92 bits per heavy atom. The summed E-state index contributed by atoms with van der Waals surface area (Å²) in [7, 11) is -3.16. The van der Waals surface area contributed by atoms with Gasteiger partial charge in [-0.05, 0) is 24.1 Å². The zero-order valence-corrected chi connectivity index (χ0v) is 15.7. The second-order valence-electron chi connectivity index (χ2n) is 6.12. The van der Waals surface area contributed by atoms with Gasteiger partial charge in [0, 0.05) is 10.0 Å². The highest BCUT2D eigenvalue weighted by molar-refractivity contribution is 9.10. The van der Waals surface area contributed by atoms with E-state index in [1.54, 1.807) is 24.3 Å². The zero-order chi connectivity index (χ0) is 18.0. The van der Waals surface area contributed by atoms with Crippen molar-refractivity contribution < 1.29 is 17.6 Å². The van der Waals surface area contributed by atoms with Gasteiger partial charge in [-0.15, -0.1) is 0 Å². The van der Waals surface area contributed by atoms with E-state index in [4.69, 9.17) is 0 Å². The molecule has 1 amide bonds. The first-order valence-electron chi connectivity index (χ1n) is 7.86. The quantitative estimate of drug-likeness (QED) is 0.817. The predicted molar refractivity (Wildman–Crippen MR) is 97.3 cm³/mol. The van der Waals surface area contributed by atoms with Crippen LogP contribution in [0.3, 0.4) is 0 Å². The number of carbonyl (C=O) groups excluding carboxylic acids is 1. The highest BCUT2D eigenvalue weighted by Gasteiger charge is 2.34. The fourth-order valence-corrected chi connectivity index (χ4v) is 5.06. The largest absolute Gasteiger partial charge is 0.345 e. The normalized spacial score (nSPS) is 20.2. The van der Waals surface area contributed by atoms with Crippen molar-refractivity contribution in [2.45, 2.75) is 12.5 Å². The Hall–Kier alpha value is -1.73. The van der Waals surface area contributed by atoms with Gasteiger partial charge in [-0.3, -0.25) is 4.79 Å². The molecule has 2 atom stereocenters. The average Bonchev–Trinajstić information content (AvgIpc) is 2.94. The maximum Gasteiger partial charge on any atom is 0.224 e. The van der Waals surface area contributed by atoms with E-state index < -0.39 is 27.6 Å². The minimum Gasteiger partial charge on any atom is -0.345 e. The summed E-state index contributed by atoms with van der Waals surface area (Å²) in [6.07, 6.45) is 0.304. The van der Waals surface area contributed by atoms with Gasteiger partial charge in [0.05, 0.1) is 23.5 Å². The van der Waals surface area contributed by atoms with E-state index in [1.165, 1.54) is 6.07 Å². The molecule has 0 aliphatic carbocycles. The number of carbonyl (C=O) groups is 1. The molecular formula is C18H17BrFNO3S. The van der Waals surface area contributed by atoms with Gasteiger partial charge in [-0.1, -0.05) is 52.3 Å². The summed E-state index contributed by atoms with van der Waals surface area (Å²) in [4.78, 5) is 12.6. The molecule has 2 aromatic rings. The van der Waals surface area contributed by atoms with Crippen LogP contribution in [0.2, 0.25) is 0 Å². The van der Waals surface area contributed by atoms with Crippen molar-refractivity contribution >= 4 is 31.7 Å². The molecule has 0 aromatic heterocycles. The van der Waals surface area contributed by atoms with Crippen LogP contribution in [0.1, 0.15) is 23.6 Å². The number of rotatable bonds is 4.